The van der Waals surface area contributed by atoms with E-state index in [-0.39, 0.29) is 48.2 Å². The van der Waals surface area contributed by atoms with Gasteiger partial charge in [0.15, 0.2) is 0 Å². The van der Waals surface area contributed by atoms with Gasteiger partial charge in [0.05, 0.1) is 30.3 Å². The maximum absolute atomic E-state index is 14.4. The quantitative estimate of drug-likeness (QED) is 0.117. The van der Waals surface area contributed by atoms with Gasteiger partial charge >= 0.3 is 0 Å². The minimum absolute atomic E-state index is 0.0704. The second kappa shape index (κ2) is 23.3. The summed E-state index contributed by atoms with van der Waals surface area (Å²) in [6.45, 7) is 5.81. The van der Waals surface area contributed by atoms with Crippen LogP contribution in [-0.4, -0.2) is 115 Å². The number of amides is 6. The topological polar surface area (TPSA) is 190 Å². The Morgan fingerprint density at radius 3 is 1.66 bits per heavy atom. The second-order valence-corrected chi connectivity index (χ2v) is 18.6. The zero-order chi connectivity index (χ0) is 48.3. The first-order chi connectivity index (χ1) is 32.9. The molecule has 0 radical (unpaired) electrons. The van der Waals surface area contributed by atoms with E-state index in [1.807, 2.05) is 24.3 Å². The Bertz CT molecular complexity index is 2360. The number of rotatable bonds is 16. The van der Waals surface area contributed by atoms with E-state index in [9.17, 15) is 28.8 Å². The van der Waals surface area contributed by atoms with Crippen LogP contribution in [0, 0.1) is 11.8 Å². The minimum atomic E-state index is -1.08. The first kappa shape index (κ1) is 49.8. The summed E-state index contributed by atoms with van der Waals surface area (Å²) in [5.41, 5.74) is 5.86. The number of benzene rings is 3. The van der Waals surface area contributed by atoms with Crippen LogP contribution in [-0.2, 0) is 46.3 Å². The van der Waals surface area contributed by atoms with E-state index in [2.05, 4.69) is 68.0 Å². The van der Waals surface area contributed by atoms with E-state index in [4.69, 9.17) is 4.74 Å². The molecule has 6 amide bonds. The number of carbonyl (C=O) groups excluding carboxylic acids is 6. The fourth-order valence-corrected chi connectivity index (χ4v) is 9.94. The maximum atomic E-state index is 14.4. The number of hydrogen-bond donors (Lipinski definition) is 6. The maximum Gasteiger partial charge on any atom is 0.250 e. The summed E-state index contributed by atoms with van der Waals surface area (Å²) in [7, 11) is 3.33. The number of fused-ring (bicyclic) bond motifs is 2. The Labute approximate surface area is 400 Å². The standard InChI is InChI=1S/C53H68N8O7/c1-33(54-4)48(62)58-46(52(66)60-30-12-24-44(60)50(64)56-42-22-10-18-37-16-6-8-20-40(37)42)35(3)68-32-14-15-36-26-28-39(29-27-36)47(59-49(63)34(2)55-5)53(67)61-31-13-25-45(61)51(65)57-43-23-11-19-38-17-7-9-21-41(38)43/h6-9,16-17,20-21,26-29,33-35,42-47,54-55H,10-13,18-19,22-25,30-32H2,1-5H3,(H,56,64)(H,57,65)(H,58,62)(H,59,63)/t33-,34-,35?,42+,43+,44-,45-,46-,47-/m0/s1. The molecule has 15 nitrogen and oxygen atoms in total. The summed E-state index contributed by atoms with van der Waals surface area (Å²) in [6, 6.07) is 18.4. The van der Waals surface area contributed by atoms with E-state index in [1.54, 1.807) is 68.9 Å². The summed E-state index contributed by atoms with van der Waals surface area (Å²) in [5, 5.41) is 18.1. The van der Waals surface area contributed by atoms with E-state index in [0.717, 1.165) is 49.7 Å². The number of likely N-dealkylation sites (N-methyl/N-ethyl adjacent to an activating group) is 2. The minimum Gasteiger partial charge on any atom is -0.363 e. The van der Waals surface area contributed by atoms with E-state index in [1.165, 1.54) is 11.1 Å². The Balaban J connectivity index is 1.00. The molecule has 1 unspecified atom stereocenters. The molecule has 2 fully saturated rings. The molecule has 4 aliphatic rings. The van der Waals surface area contributed by atoms with Gasteiger partial charge in [0.25, 0.3) is 0 Å². The van der Waals surface area contributed by atoms with Crippen molar-refractivity contribution in [2.24, 2.45) is 0 Å². The molecular weight excluding hydrogens is 861 g/mol. The molecular formula is C53H68N8O7. The van der Waals surface area contributed by atoms with Crippen molar-refractivity contribution in [2.75, 3.05) is 33.8 Å². The fraction of sp³-hybridized carbons (Fsp3) is 0.509. The van der Waals surface area contributed by atoms with Gasteiger partial charge in [-0.2, -0.15) is 0 Å². The number of likely N-dealkylation sites (tertiary alicyclic amines) is 2. The average Bonchev–Trinajstić information content (AvgIpc) is 4.07. The van der Waals surface area contributed by atoms with Crippen molar-refractivity contribution in [1.82, 2.24) is 41.7 Å². The van der Waals surface area contributed by atoms with Gasteiger partial charge in [0.1, 0.15) is 30.8 Å². The highest BCUT2D eigenvalue weighted by atomic mass is 16.5. The molecule has 3 aromatic rings. The molecule has 68 heavy (non-hydrogen) atoms. The predicted octanol–water partition coefficient (Wildman–Crippen LogP) is 3.67. The summed E-state index contributed by atoms with van der Waals surface area (Å²) < 4.78 is 6.11. The van der Waals surface area contributed by atoms with Gasteiger partial charge in [0, 0.05) is 18.7 Å². The van der Waals surface area contributed by atoms with Crippen molar-refractivity contribution in [3.63, 3.8) is 0 Å². The van der Waals surface area contributed by atoms with Crippen LogP contribution in [0.15, 0.2) is 72.8 Å². The van der Waals surface area contributed by atoms with Gasteiger partial charge in [-0.3, -0.25) is 28.8 Å². The highest BCUT2D eigenvalue weighted by molar-refractivity contribution is 5.95. The highest BCUT2D eigenvalue weighted by Crippen LogP contribution is 2.32. The van der Waals surface area contributed by atoms with Gasteiger partial charge in [-0.1, -0.05) is 72.5 Å². The number of carbonyl (C=O) groups is 6. The summed E-state index contributed by atoms with van der Waals surface area (Å²) in [6.07, 6.45) is 7.09. The number of nitrogens with one attached hydrogen (secondary N) is 6. The van der Waals surface area contributed by atoms with Crippen LogP contribution >= 0.6 is 0 Å². The monoisotopic (exact) mass is 929 g/mol. The van der Waals surface area contributed by atoms with E-state index in [0.29, 0.717) is 49.9 Å². The van der Waals surface area contributed by atoms with E-state index >= 15 is 0 Å². The molecule has 2 aliphatic heterocycles. The molecule has 6 N–H and O–H groups in total. The van der Waals surface area contributed by atoms with Gasteiger partial charge in [0.2, 0.25) is 35.4 Å². The lowest BCUT2D eigenvalue weighted by molar-refractivity contribution is -0.145. The second-order valence-electron chi connectivity index (χ2n) is 18.6. The van der Waals surface area contributed by atoms with Gasteiger partial charge in [-0.05, 0) is 139 Å². The number of ether oxygens (including phenoxy) is 1. The number of aryl methyl sites for hydroxylation is 2. The van der Waals surface area contributed by atoms with Crippen LogP contribution in [0.5, 0.6) is 0 Å². The van der Waals surface area contributed by atoms with Crippen LogP contribution in [0.4, 0.5) is 0 Å². The summed E-state index contributed by atoms with van der Waals surface area (Å²) >= 11 is 0. The predicted molar refractivity (Wildman–Crippen MR) is 259 cm³/mol. The van der Waals surface area contributed by atoms with Gasteiger partial charge in [-0.15, -0.1) is 0 Å². The molecule has 362 valence electrons. The zero-order valence-electron chi connectivity index (χ0n) is 40.1. The van der Waals surface area contributed by atoms with Gasteiger partial charge in [-0.25, -0.2) is 0 Å². The van der Waals surface area contributed by atoms with E-state index < -0.39 is 48.3 Å². The third kappa shape index (κ3) is 11.8. The molecule has 2 saturated heterocycles. The molecule has 0 saturated carbocycles. The normalized spacial score (nSPS) is 21.9. The van der Waals surface area contributed by atoms with Crippen LogP contribution in [0.2, 0.25) is 0 Å². The van der Waals surface area contributed by atoms with Crippen molar-refractivity contribution >= 4 is 35.4 Å². The third-order valence-electron chi connectivity index (χ3n) is 14.2. The molecule has 0 bridgehead atoms. The first-order valence-corrected chi connectivity index (χ1v) is 24.4. The Morgan fingerprint density at radius 1 is 0.632 bits per heavy atom. The lowest BCUT2D eigenvalue weighted by Gasteiger charge is -2.33. The van der Waals surface area contributed by atoms with Crippen LogP contribution in [0.25, 0.3) is 0 Å². The largest absolute Gasteiger partial charge is 0.363 e. The summed E-state index contributed by atoms with van der Waals surface area (Å²) in [5.74, 6) is 4.20. The molecule has 7 rings (SSSR count). The molecule has 9 atom stereocenters. The molecule has 2 aliphatic carbocycles. The fourth-order valence-electron chi connectivity index (χ4n) is 9.94. The Morgan fingerprint density at radius 2 is 1.13 bits per heavy atom. The molecule has 2 heterocycles. The van der Waals surface area contributed by atoms with Crippen molar-refractivity contribution in [2.45, 2.75) is 139 Å². The molecule has 3 aromatic carbocycles. The average molecular weight is 929 g/mol. The lowest BCUT2D eigenvalue weighted by Crippen LogP contribution is -2.59. The molecule has 0 aromatic heterocycles. The van der Waals surface area contributed by atoms with Gasteiger partial charge < -0.3 is 46.4 Å². The summed E-state index contributed by atoms with van der Waals surface area (Å²) in [4.78, 5) is 86.1. The van der Waals surface area contributed by atoms with Crippen LogP contribution in [0.3, 0.4) is 0 Å². The smallest absolute Gasteiger partial charge is 0.250 e. The SMILES string of the molecule is CN[C@@H](C)C(=O)N[C@H](C(=O)N1CCC[C@H]1C(=O)N[C@@H]1CCCc2ccccc21)c1ccc(C#CCOC(C)[C@H](NC(=O)[C@H](C)NC)C(=O)N2CCC[C@H]2C(=O)N[C@@H]2CCCc3ccccc32)cc1. The first-order valence-electron chi connectivity index (χ1n) is 24.4. The molecule has 0 spiro atoms. The van der Waals surface area contributed by atoms with Crippen LogP contribution < -0.4 is 31.9 Å². The highest BCUT2D eigenvalue weighted by Gasteiger charge is 2.42. The Hall–Kier alpha value is -6.08. The third-order valence-corrected chi connectivity index (χ3v) is 14.2. The number of nitrogens with zero attached hydrogens (tertiary/aromatic N) is 2. The molecule has 15 heteroatoms. The van der Waals surface area contributed by atoms with Crippen molar-refractivity contribution in [1.29, 1.82) is 0 Å². The Kier molecular flexibility index (Phi) is 17.1. The number of hydrogen-bond acceptors (Lipinski definition) is 9. The van der Waals surface area contributed by atoms with Crippen molar-refractivity contribution in [3.8, 4) is 11.8 Å². The van der Waals surface area contributed by atoms with Crippen molar-refractivity contribution in [3.05, 3.63) is 106 Å². The van der Waals surface area contributed by atoms with Crippen LogP contribution in [0.1, 0.15) is 124 Å². The zero-order valence-corrected chi connectivity index (χ0v) is 40.1. The lowest BCUT2D eigenvalue weighted by atomic mass is 9.87. The van der Waals surface area contributed by atoms with Crippen molar-refractivity contribution < 1.29 is 33.5 Å².